The van der Waals surface area contributed by atoms with Gasteiger partial charge in [-0.1, -0.05) is 24.3 Å². The molecule has 1 amide bonds. The van der Waals surface area contributed by atoms with Gasteiger partial charge in [0.1, 0.15) is 5.82 Å². The average Bonchev–Trinajstić information content (AvgIpc) is 3.07. The maximum atomic E-state index is 12.5. The predicted octanol–water partition coefficient (Wildman–Crippen LogP) is 2.95. The number of pyridine rings is 2. The van der Waals surface area contributed by atoms with Gasteiger partial charge in [0.2, 0.25) is 0 Å². The largest absolute Gasteiger partial charge is 0.352 e. The molecule has 3 heterocycles. The minimum Gasteiger partial charge on any atom is -0.352 e. The molecule has 0 unspecified atom stereocenters. The highest BCUT2D eigenvalue weighted by atomic mass is 16.1. The Hall–Kier alpha value is -3.28. The molecular weight excluding hydrogens is 326 g/mol. The predicted molar refractivity (Wildman–Crippen MR) is 100 cm³/mol. The maximum Gasteiger partial charge on any atom is 0.253 e. The third kappa shape index (κ3) is 3.13. The summed E-state index contributed by atoms with van der Waals surface area (Å²) in [6.07, 6.45) is 3.50. The first-order valence-electron chi connectivity index (χ1n) is 8.65. The number of nitrogens with one attached hydrogen (secondary N) is 1. The van der Waals surface area contributed by atoms with E-state index >= 15 is 0 Å². The van der Waals surface area contributed by atoms with Crippen LogP contribution in [0.25, 0.3) is 16.6 Å². The molecule has 0 atom stereocenters. The highest BCUT2D eigenvalue weighted by molar-refractivity contribution is 5.98. The molecule has 4 aromatic rings. The van der Waals surface area contributed by atoms with E-state index in [-0.39, 0.29) is 5.91 Å². The van der Waals surface area contributed by atoms with Crippen LogP contribution in [-0.4, -0.2) is 32.0 Å². The highest BCUT2D eigenvalue weighted by Crippen LogP contribution is 2.16. The number of carbonyl (C=O) groups excluding carboxylic acids is 1. The minimum atomic E-state index is -0.0909. The van der Waals surface area contributed by atoms with Crippen molar-refractivity contribution in [3.63, 3.8) is 0 Å². The summed E-state index contributed by atoms with van der Waals surface area (Å²) in [5, 5.41) is 12.3. The Morgan fingerprint density at radius 2 is 1.96 bits per heavy atom. The number of hydrogen-bond donors (Lipinski definition) is 1. The van der Waals surface area contributed by atoms with Crippen molar-refractivity contribution < 1.29 is 4.79 Å². The second kappa shape index (κ2) is 6.92. The van der Waals surface area contributed by atoms with E-state index in [1.54, 1.807) is 0 Å². The third-order valence-corrected chi connectivity index (χ3v) is 4.41. The van der Waals surface area contributed by atoms with Gasteiger partial charge in [-0.2, -0.15) is 0 Å². The third-order valence-electron chi connectivity index (χ3n) is 4.41. The molecule has 1 aromatic carbocycles. The van der Waals surface area contributed by atoms with Crippen molar-refractivity contribution in [3.8, 4) is 0 Å². The molecule has 130 valence electrons. The second-order valence-electron chi connectivity index (χ2n) is 6.22. The van der Waals surface area contributed by atoms with E-state index in [4.69, 9.17) is 0 Å². The number of carbonyl (C=O) groups is 1. The molecule has 0 radical (unpaired) electrons. The van der Waals surface area contributed by atoms with Crippen LogP contribution in [0, 0.1) is 6.92 Å². The number of nitrogens with zero attached hydrogens (tertiary/aromatic N) is 4. The van der Waals surface area contributed by atoms with Gasteiger partial charge in [0.15, 0.2) is 5.65 Å². The zero-order valence-corrected chi connectivity index (χ0v) is 14.5. The molecule has 6 heteroatoms. The summed E-state index contributed by atoms with van der Waals surface area (Å²) >= 11 is 0. The van der Waals surface area contributed by atoms with Gasteiger partial charge in [-0.25, -0.2) is 0 Å². The number of hydrogen-bond acceptors (Lipinski definition) is 4. The summed E-state index contributed by atoms with van der Waals surface area (Å²) < 4.78 is 1.97. The number of fused-ring (bicyclic) bond motifs is 2. The normalized spacial score (nSPS) is 11.1. The van der Waals surface area contributed by atoms with Crippen LogP contribution in [0.3, 0.4) is 0 Å². The first-order chi connectivity index (χ1) is 12.7. The molecule has 0 aliphatic carbocycles. The fraction of sp³-hybridized carbons (Fsp3) is 0.200. The zero-order valence-electron chi connectivity index (χ0n) is 14.5. The van der Waals surface area contributed by atoms with E-state index in [0.29, 0.717) is 12.1 Å². The Labute approximate surface area is 150 Å². The van der Waals surface area contributed by atoms with Crippen LogP contribution in [0.5, 0.6) is 0 Å². The number of rotatable bonds is 5. The van der Waals surface area contributed by atoms with Crippen LogP contribution in [0.2, 0.25) is 0 Å². The van der Waals surface area contributed by atoms with E-state index in [2.05, 4.69) is 20.5 Å². The second-order valence-corrected chi connectivity index (χ2v) is 6.22. The molecule has 0 spiro atoms. The fourth-order valence-electron chi connectivity index (χ4n) is 3.05. The van der Waals surface area contributed by atoms with Crippen LogP contribution in [0.15, 0.2) is 54.7 Å². The molecule has 0 saturated carbocycles. The van der Waals surface area contributed by atoms with Crippen LogP contribution < -0.4 is 5.32 Å². The topological polar surface area (TPSA) is 72.2 Å². The molecule has 0 bridgehead atoms. The Balaban J connectivity index is 1.39. The molecule has 1 N–H and O–H groups in total. The quantitative estimate of drug-likeness (QED) is 0.565. The van der Waals surface area contributed by atoms with Crippen LogP contribution in [0.4, 0.5) is 0 Å². The SMILES string of the molecule is Cc1nc2ccccc2cc1C(=O)NCCCc1nnc2ccccn12. The standard InChI is InChI=1S/C20H19N5O/c1-14-16(13-15-7-2-3-8-17(15)22-14)20(26)21-11-6-10-19-24-23-18-9-4-5-12-25(18)19/h2-5,7-9,12-13H,6,10-11H2,1H3,(H,21,26). The first-order valence-corrected chi connectivity index (χ1v) is 8.65. The van der Waals surface area contributed by atoms with Gasteiger partial charge in [-0.3, -0.25) is 14.2 Å². The molecule has 26 heavy (non-hydrogen) atoms. The smallest absolute Gasteiger partial charge is 0.253 e. The van der Waals surface area contributed by atoms with Gasteiger partial charge < -0.3 is 5.32 Å². The van der Waals surface area contributed by atoms with Crippen molar-refractivity contribution in [1.29, 1.82) is 0 Å². The Bertz CT molecular complexity index is 1090. The zero-order chi connectivity index (χ0) is 17.9. The van der Waals surface area contributed by atoms with Gasteiger partial charge in [-0.15, -0.1) is 10.2 Å². The van der Waals surface area contributed by atoms with Gasteiger partial charge in [0.05, 0.1) is 16.8 Å². The lowest BCUT2D eigenvalue weighted by Crippen LogP contribution is -2.26. The summed E-state index contributed by atoms with van der Waals surface area (Å²) in [6.45, 7) is 2.44. The monoisotopic (exact) mass is 345 g/mol. The number of benzene rings is 1. The van der Waals surface area contributed by atoms with Crippen molar-refractivity contribution in [2.75, 3.05) is 6.54 Å². The maximum absolute atomic E-state index is 12.5. The summed E-state index contributed by atoms with van der Waals surface area (Å²) in [7, 11) is 0. The van der Waals surface area contributed by atoms with Gasteiger partial charge in [0, 0.05) is 24.5 Å². The number of aromatic nitrogens is 4. The molecule has 4 rings (SSSR count). The minimum absolute atomic E-state index is 0.0909. The van der Waals surface area contributed by atoms with Crippen molar-refractivity contribution >= 4 is 22.5 Å². The summed E-state index contributed by atoms with van der Waals surface area (Å²) in [5.74, 6) is 0.810. The van der Waals surface area contributed by atoms with Crippen molar-refractivity contribution in [2.24, 2.45) is 0 Å². The van der Waals surface area contributed by atoms with E-state index in [9.17, 15) is 4.79 Å². The van der Waals surface area contributed by atoms with Crippen molar-refractivity contribution in [2.45, 2.75) is 19.8 Å². The average molecular weight is 345 g/mol. The lowest BCUT2D eigenvalue weighted by molar-refractivity contribution is 0.0952. The van der Waals surface area contributed by atoms with Gasteiger partial charge in [0.25, 0.3) is 5.91 Å². The molecule has 0 aliphatic heterocycles. The van der Waals surface area contributed by atoms with Crippen molar-refractivity contribution in [3.05, 3.63) is 71.8 Å². The van der Waals surface area contributed by atoms with Crippen LogP contribution in [-0.2, 0) is 6.42 Å². The molecular formula is C20H19N5O. The highest BCUT2D eigenvalue weighted by Gasteiger charge is 2.11. The molecule has 3 aromatic heterocycles. The Morgan fingerprint density at radius 1 is 1.12 bits per heavy atom. The van der Waals surface area contributed by atoms with E-state index in [1.165, 1.54) is 0 Å². The molecule has 0 saturated heterocycles. The Kier molecular flexibility index (Phi) is 4.31. The summed E-state index contributed by atoms with van der Waals surface area (Å²) in [6, 6.07) is 15.5. The lowest BCUT2D eigenvalue weighted by Gasteiger charge is -2.08. The lowest BCUT2D eigenvalue weighted by atomic mass is 10.1. The van der Waals surface area contributed by atoms with E-state index in [1.807, 2.05) is 66.1 Å². The van der Waals surface area contributed by atoms with E-state index < -0.39 is 0 Å². The number of aryl methyl sites for hydroxylation is 2. The Morgan fingerprint density at radius 3 is 2.88 bits per heavy atom. The molecule has 0 aliphatic rings. The molecule has 6 nitrogen and oxygen atoms in total. The first kappa shape index (κ1) is 16.2. The van der Waals surface area contributed by atoms with Crippen LogP contribution in [0.1, 0.15) is 28.3 Å². The molecule has 0 fully saturated rings. The van der Waals surface area contributed by atoms with E-state index in [0.717, 1.165) is 40.9 Å². The van der Waals surface area contributed by atoms with Crippen molar-refractivity contribution in [1.82, 2.24) is 24.9 Å². The summed E-state index contributed by atoms with van der Waals surface area (Å²) in [5.41, 5.74) is 3.10. The summed E-state index contributed by atoms with van der Waals surface area (Å²) in [4.78, 5) is 17.0. The van der Waals surface area contributed by atoms with Gasteiger partial charge in [-0.05, 0) is 37.6 Å². The number of amides is 1. The van der Waals surface area contributed by atoms with Gasteiger partial charge >= 0.3 is 0 Å². The number of para-hydroxylation sites is 1. The van der Waals surface area contributed by atoms with Crippen LogP contribution >= 0.6 is 0 Å². The fourth-order valence-corrected chi connectivity index (χ4v) is 3.05.